The van der Waals surface area contributed by atoms with Crippen LogP contribution in [-0.4, -0.2) is 37.0 Å². The minimum atomic E-state index is -1.08. The van der Waals surface area contributed by atoms with E-state index in [4.69, 9.17) is 51.1 Å². The first-order chi connectivity index (χ1) is 8.84. The molecule has 0 aliphatic heterocycles. The predicted molar refractivity (Wildman–Crippen MR) is 60.8 cm³/mol. The van der Waals surface area contributed by atoms with Gasteiger partial charge in [0.2, 0.25) is 0 Å². The van der Waals surface area contributed by atoms with Crippen LogP contribution >= 0.6 is 0 Å². The van der Waals surface area contributed by atoms with Gasteiger partial charge in [0.25, 0.3) is 0 Å². The molecule has 0 aliphatic carbocycles. The Morgan fingerprint density at radius 1 is 0.591 bits per heavy atom. The summed E-state index contributed by atoms with van der Waals surface area (Å²) in [5.74, 6) is -4.33. The average molecular weight is 423 g/mol. The third-order valence-corrected chi connectivity index (χ3v) is 0.167. The molecule has 12 heteroatoms. The topological polar surface area (TPSA) is 213 Å². The van der Waals surface area contributed by atoms with Gasteiger partial charge in [-0.25, -0.2) is 0 Å². The van der Waals surface area contributed by atoms with E-state index >= 15 is 0 Å². The van der Waals surface area contributed by atoms with Crippen molar-refractivity contribution < 1.29 is 73.7 Å². The molecule has 4 N–H and O–H groups in total. The number of aliphatic carboxylic acids is 4. The molecule has 0 aromatic carbocycles. The summed E-state index contributed by atoms with van der Waals surface area (Å²) in [5, 5.41) is 35.6. The van der Waals surface area contributed by atoms with E-state index in [1.807, 2.05) is 0 Å². The zero-order chi connectivity index (χ0) is 17.7. The zero-order valence-electron chi connectivity index (χ0n) is 12.4. The second kappa shape index (κ2) is 42.7. The van der Waals surface area contributed by atoms with E-state index in [2.05, 4.69) is 0 Å². The van der Waals surface area contributed by atoms with Crippen LogP contribution in [0.5, 0.6) is 0 Å². The summed E-state index contributed by atoms with van der Waals surface area (Å²) < 4.78 is 0. The van der Waals surface area contributed by atoms with Gasteiger partial charge in [-0.3, -0.25) is 0 Å². The van der Waals surface area contributed by atoms with E-state index in [1.54, 1.807) is 0 Å². The first-order valence-corrected chi connectivity index (χ1v) is 4.95. The molecule has 0 unspecified atom stereocenters. The Labute approximate surface area is 150 Å². The molecule has 0 aromatic heterocycles. The standard InChI is InChI=1S/C2H8N2.4C2H4O2.2Cu/c3-1-2-4;4*1-2(3)4;;/h1-4H2;4*1H3,(H,3,4);;/q;;;;;2*+2/p-4. The van der Waals surface area contributed by atoms with Gasteiger partial charge in [-0.15, -0.1) is 0 Å². The van der Waals surface area contributed by atoms with Crippen molar-refractivity contribution in [2.45, 2.75) is 27.7 Å². The van der Waals surface area contributed by atoms with E-state index < -0.39 is 23.9 Å². The Hall–Kier alpha value is -1.16. The predicted octanol–water partition coefficient (Wildman–Crippen LogP) is -6.08. The third kappa shape index (κ3) is 231000. The molecule has 0 fully saturated rings. The van der Waals surface area contributed by atoms with E-state index in [-0.39, 0.29) is 34.1 Å². The average Bonchev–Trinajstić information content (AvgIpc) is 2.13. The largest absolute Gasteiger partial charge is 2.00 e. The molecule has 0 atom stereocenters. The molecular formula is C10H20Cu2N2O8. The Bertz CT molecular complexity index is 199. The molecule has 140 valence electrons. The van der Waals surface area contributed by atoms with Gasteiger partial charge in [-0.2, -0.15) is 0 Å². The van der Waals surface area contributed by atoms with Gasteiger partial charge >= 0.3 is 34.1 Å². The van der Waals surface area contributed by atoms with Crippen molar-refractivity contribution in [2.75, 3.05) is 13.1 Å². The van der Waals surface area contributed by atoms with Crippen molar-refractivity contribution >= 4 is 23.9 Å². The maximum absolute atomic E-state index is 8.89. The summed E-state index contributed by atoms with van der Waals surface area (Å²) in [6, 6.07) is 0. The number of carboxylic acids is 4. The van der Waals surface area contributed by atoms with Crippen molar-refractivity contribution in [3.05, 3.63) is 0 Å². The Balaban J connectivity index is -0.0000000250. The second-order valence-electron chi connectivity index (χ2n) is 2.54. The van der Waals surface area contributed by atoms with Crippen LogP contribution in [0, 0.1) is 0 Å². The van der Waals surface area contributed by atoms with Crippen molar-refractivity contribution in [2.24, 2.45) is 11.5 Å². The molecule has 0 bridgehead atoms. The molecule has 22 heavy (non-hydrogen) atoms. The number of nitrogens with two attached hydrogens (primary N) is 2. The van der Waals surface area contributed by atoms with E-state index in [0.29, 0.717) is 13.1 Å². The zero-order valence-corrected chi connectivity index (χ0v) is 14.3. The van der Waals surface area contributed by atoms with Gasteiger partial charge in [0.1, 0.15) is 0 Å². The smallest absolute Gasteiger partial charge is 0.550 e. The summed E-state index contributed by atoms with van der Waals surface area (Å²) in [6.07, 6.45) is 0. The molecule has 0 saturated carbocycles. The Morgan fingerprint density at radius 3 is 0.636 bits per heavy atom. The summed E-state index contributed by atoms with van der Waals surface area (Å²) in [7, 11) is 0. The Kier molecular flexibility index (Phi) is 83.1. The van der Waals surface area contributed by atoms with Crippen molar-refractivity contribution in [3.8, 4) is 0 Å². The van der Waals surface area contributed by atoms with Crippen LogP contribution in [0.1, 0.15) is 27.7 Å². The maximum Gasteiger partial charge on any atom is 2.00 e. The van der Waals surface area contributed by atoms with E-state index in [0.717, 1.165) is 27.7 Å². The molecule has 0 aromatic rings. The molecule has 0 rings (SSSR count). The SMILES string of the molecule is CC(=O)[O-].CC(=O)[O-].CC(=O)[O-].CC(=O)[O-].NCCN.[Cu+2].[Cu+2]. The third-order valence-electron chi connectivity index (χ3n) is 0.167. The molecule has 0 spiro atoms. The number of hydrogen-bond donors (Lipinski definition) is 2. The monoisotopic (exact) mass is 422 g/mol. The molecule has 0 amide bonds. The summed E-state index contributed by atoms with van der Waals surface area (Å²) >= 11 is 0. The van der Waals surface area contributed by atoms with Gasteiger partial charge in [0, 0.05) is 37.0 Å². The van der Waals surface area contributed by atoms with Gasteiger partial charge in [0.05, 0.1) is 0 Å². The molecular weight excluding hydrogens is 403 g/mol. The van der Waals surface area contributed by atoms with E-state index in [1.165, 1.54) is 0 Å². The summed E-state index contributed by atoms with van der Waals surface area (Å²) in [6.45, 7) is 5.08. The fourth-order valence-corrected chi connectivity index (χ4v) is 0. The quantitative estimate of drug-likeness (QED) is 0.381. The maximum atomic E-state index is 8.89. The summed E-state index contributed by atoms with van der Waals surface area (Å²) in [5.41, 5.74) is 9.81. The first-order valence-electron chi connectivity index (χ1n) is 4.95. The minimum absolute atomic E-state index is 0. The number of hydrogen-bond acceptors (Lipinski definition) is 10. The fraction of sp³-hybridized carbons (Fsp3) is 0.600. The fourth-order valence-electron chi connectivity index (χ4n) is 0. The van der Waals surface area contributed by atoms with Crippen LogP contribution in [-0.2, 0) is 53.3 Å². The minimum Gasteiger partial charge on any atom is -0.550 e. The van der Waals surface area contributed by atoms with Gasteiger partial charge in [-0.1, -0.05) is 0 Å². The van der Waals surface area contributed by atoms with Crippen LogP contribution < -0.4 is 31.9 Å². The van der Waals surface area contributed by atoms with E-state index in [9.17, 15) is 0 Å². The number of carbonyl (C=O) groups is 4. The van der Waals surface area contributed by atoms with Crippen LogP contribution in [0.25, 0.3) is 0 Å². The molecule has 0 saturated heterocycles. The van der Waals surface area contributed by atoms with Gasteiger partial charge < -0.3 is 51.1 Å². The summed E-state index contributed by atoms with van der Waals surface area (Å²) in [4.78, 5) is 35.6. The number of rotatable bonds is 1. The van der Waals surface area contributed by atoms with Gasteiger partial charge in [0.15, 0.2) is 0 Å². The Morgan fingerprint density at radius 2 is 0.636 bits per heavy atom. The molecule has 0 aliphatic rings. The van der Waals surface area contributed by atoms with Crippen LogP contribution in [0.2, 0.25) is 0 Å². The van der Waals surface area contributed by atoms with Crippen molar-refractivity contribution in [1.29, 1.82) is 0 Å². The number of carbonyl (C=O) groups excluding carboxylic acids is 4. The number of carboxylic acid groups (broad SMARTS) is 4. The van der Waals surface area contributed by atoms with Crippen LogP contribution in [0.3, 0.4) is 0 Å². The molecule has 10 nitrogen and oxygen atoms in total. The second-order valence-corrected chi connectivity index (χ2v) is 2.54. The van der Waals surface area contributed by atoms with Crippen LogP contribution in [0.4, 0.5) is 0 Å². The van der Waals surface area contributed by atoms with Crippen LogP contribution in [0.15, 0.2) is 0 Å². The normalized spacial score (nSPS) is 5.91. The molecule has 0 heterocycles. The van der Waals surface area contributed by atoms with Crippen molar-refractivity contribution in [3.63, 3.8) is 0 Å². The molecule has 2 radical (unpaired) electrons. The van der Waals surface area contributed by atoms with Crippen molar-refractivity contribution in [1.82, 2.24) is 0 Å². The van der Waals surface area contributed by atoms with Gasteiger partial charge in [-0.05, 0) is 27.7 Å². The first kappa shape index (κ1) is 42.8.